The lowest BCUT2D eigenvalue weighted by atomic mass is 10.0. The van der Waals surface area contributed by atoms with Crippen molar-refractivity contribution in [1.82, 2.24) is 4.90 Å². The molecule has 6 nitrogen and oxygen atoms in total. The van der Waals surface area contributed by atoms with Gasteiger partial charge in [0.15, 0.2) is 0 Å². The lowest BCUT2D eigenvalue weighted by Gasteiger charge is -2.41. The molecule has 1 aromatic rings. The number of carboxylic acid groups (broad SMARTS) is 1. The van der Waals surface area contributed by atoms with E-state index in [0.717, 1.165) is 4.88 Å². The van der Waals surface area contributed by atoms with E-state index in [1.54, 1.807) is 11.8 Å². The monoisotopic (exact) mass is 312 g/mol. The predicted octanol–water partition coefficient (Wildman–Crippen LogP) is 2.71. The molecular formula is C14H20N2O4S. The molecule has 2 amide bonds. The van der Waals surface area contributed by atoms with Crippen molar-refractivity contribution in [3.05, 3.63) is 16.0 Å². The molecule has 0 spiro atoms. The highest BCUT2D eigenvalue weighted by Crippen LogP contribution is 2.33. The number of carboxylic acids is 1. The van der Waals surface area contributed by atoms with Gasteiger partial charge >= 0.3 is 12.0 Å². The Labute approximate surface area is 127 Å². The van der Waals surface area contributed by atoms with Crippen molar-refractivity contribution < 1.29 is 19.4 Å². The Bertz CT molecular complexity index is 580. The lowest BCUT2D eigenvalue weighted by Crippen LogP contribution is -2.56. The molecule has 2 heterocycles. The minimum Gasteiger partial charge on any atom is -0.478 e. The molecule has 7 heteroatoms. The summed E-state index contributed by atoms with van der Waals surface area (Å²) in [7, 11) is 0. The molecule has 1 aliphatic heterocycles. The van der Waals surface area contributed by atoms with Crippen LogP contribution >= 0.6 is 11.3 Å². The molecule has 1 fully saturated rings. The van der Waals surface area contributed by atoms with E-state index >= 15 is 0 Å². The number of urea groups is 1. The normalized spacial score (nSPS) is 17.6. The smallest absolute Gasteiger partial charge is 0.338 e. The second-order valence-corrected chi connectivity index (χ2v) is 6.96. The van der Waals surface area contributed by atoms with Crippen LogP contribution in [0.5, 0.6) is 0 Å². The quantitative estimate of drug-likeness (QED) is 0.880. The molecule has 0 bridgehead atoms. The van der Waals surface area contributed by atoms with E-state index < -0.39 is 11.5 Å². The summed E-state index contributed by atoms with van der Waals surface area (Å²) in [5.41, 5.74) is 0.466. The first kappa shape index (κ1) is 15.8. The van der Waals surface area contributed by atoms with Gasteiger partial charge in [-0.3, -0.25) is 5.32 Å². The first-order valence-corrected chi connectivity index (χ1v) is 7.55. The van der Waals surface area contributed by atoms with Crippen LogP contribution in [0.4, 0.5) is 9.80 Å². The third-order valence-electron chi connectivity index (χ3n) is 3.71. The summed E-state index contributed by atoms with van der Waals surface area (Å²) in [6.07, 6.45) is 0. The van der Waals surface area contributed by atoms with Crippen LogP contribution in [0, 0.1) is 13.8 Å². The molecule has 0 aliphatic carbocycles. The fourth-order valence-corrected chi connectivity index (χ4v) is 3.41. The van der Waals surface area contributed by atoms with Crippen molar-refractivity contribution in [1.29, 1.82) is 0 Å². The van der Waals surface area contributed by atoms with Gasteiger partial charge in [0, 0.05) is 11.4 Å². The minimum atomic E-state index is -1.02. The number of nitrogens with one attached hydrogen (secondary N) is 1. The molecule has 0 unspecified atom stereocenters. The highest BCUT2D eigenvalue weighted by Gasteiger charge is 2.35. The van der Waals surface area contributed by atoms with E-state index in [1.165, 1.54) is 11.3 Å². The first-order valence-electron chi connectivity index (χ1n) is 6.73. The SMILES string of the molecule is Cc1sc(NC(=O)N2CCOCC2(C)C)c(C(=O)O)c1C. The van der Waals surface area contributed by atoms with Gasteiger partial charge in [0.1, 0.15) is 5.00 Å². The number of rotatable bonds is 2. The summed E-state index contributed by atoms with van der Waals surface area (Å²) in [6, 6.07) is -0.285. The van der Waals surface area contributed by atoms with Crippen LogP contribution in [0.2, 0.25) is 0 Å². The number of carbonyl (C=O) groups is 2. The third kappa shape index (κ3) is 3.03. The molecule has 1 aromatic heterocycles. The molecule has 0 saturated carbocycles. The molecule has 1 aliphatic rings. The van der Waals surface area contributed by atoms with Gasteiger partial charge in [-0.25, -0.2) is 9.59 Å². The lowest BCUT2D eigenvalue weighted by molar-refractivity contribution is -0.0249. The summed E-state index contributed by atoms with van der Waals surface area (Å²) in [4.78, 5) is 26.4. The molecule has 0 atom stereocenters. The number of amides is 2. The second-order valence-electron chi connectivity index (χ2n) is 5.74. The summed E-state index contributed by atoms with van der Waals surface area (Å²) in [5, 5.41) is 12.4. The fraction of sp³-hybridized carbons (Fsp3) is 0.571. The van der Waals surface area contributed by atoms with Gasteiger partial charge in [-0.1, -0.05) is 0 Å². The summed E-state index contributed by atoms with van der Waals surface area (Å²) in [5.74, 6) is -1.02. The van der Waals surface area contributed by atoms with Crippen LogP contribution in [0.15, 0.2) is 0 Å². The highest BCUT2D eigenvalue weighted by molar-refractivity contribution is 7.16. The Hall–Kier alpha value is -1.60. The summed E-state index contributed by atoms with van der Waals surface area (Å²) < 4.78 is 5.39. The van der Waals surface area contributed by atoms with E-state index in [-0.39, 0.29) is 11.6 Å². The average Bonchev–Trinajstić information content (AvgIpc) is 2.63. The number of carbonyl (C=O) groups excluding carboxylic acids is 1. The Kier molecular flexibility index (Phi) is 4.25. The van der Waals surface area contributed by atoms with Gasteiger partial charge in [-0.05, 0) is 33.3 Å². The third-order valence-corrected chi connectivity index (χ3v) is 4.83. The Balaban J connectivity index is 2.24. The number of ether oxygens (including phenoxy) is 1. The molecule has 2 rings (SSSR count). The first-order chi connectivity index (χ1) is 9.74. The Morgan fingerprint density at radius 1 is 1.38 bits per heavy atom. The summed E-state index contributed by atoms with van der Waals surface area (Å²) in [6.45, 7) is 8.90. The molecule has 0 radical (unpaired) electrons. The van der Waals surface area contributed by atoms with E-state index in [4.69, 9.17) is 4.74 Å². The van der Waals surface area contributed by atoms with Crippen molar-refractivity contribution >= 4 is 28.3 Å². The van der Waals surface area contributed by atoms with Gasteiger partial charge in [0.2, 0.25) is 0 Å². The number of morpholine rings is 1. The number of aryl methyl sites for hydroxylation is 1. The molecule has 116 valence electrons. The zero-order chi connectivity index (χ0) is 15.8. The number of aromatic carboxylic acids is 1. The molecule has 2 N–H and O–H groups in total. The van der Waals surface area contributed by atoms with Crippen LogP contribution in [0.25, 0.3) is 0 Å². The van der Waals surface area contributed by atoms with Crippen molar-refractivity contribution in [2.45, 2.75) is 33.2 Å². The van der Waals surface area contributed by atoms with Crippen molar-refractivity contribution in [2.24, 2.45) is 0 Å². The van der Waals surface area contributed by atoms with Gasteiger partial charge in [0.25, 0.3) is 0 Å². The zero-order valence-electron chi connectivity index (χ0n) is 12.6. The predicted molar refractivity (Wildman–Crippen MR) is 81.4 cm³/mol. The van der Waals surface area contributed by atoms with E-state index in [1.807, 2.05) is 20.8 Å². The van der Waals surface area contributed by atoms with Crippen molar-refractivity contribution in [3.63, 3.8) is 0 Å². The van der Waals surface area contributed by atoms with Crippen LogP contribution in [-0.2, 0) is 4.74 Å². The van der Waals surface area contributed by atoms with E-state index in [2.05, 4.69) is 5.32 Å². The van der Waals surface area contributed by atoms with Gasteiger partial charge < -0.3 is 14.7 Å². The average molecular weight is 312 g/mol. The van der Waals surface area contributed by atoms with Crippen LogP contribution in [0.3, 0.4) is 0 Å². The number of hydrogen-bond donors (Lipinski definition) is 2. The maximum Gasteiger partial charge on any atom is 0.338 e. The number of nitrogens with zero attached hydrogens (tertiary/aromatic N) is 1. The van der Waals surface area contributed by atoms with Crippen LogP contribution in [-0.4, -0.2) is 47.3 Å². The number of anilines is 1. The van der Waals surface area contributed by atoms with Crippen LogP contribution < -0.4 is 5.32 Å². The topological polar surface area (TPSA) is 78.9 Å². The Morgan fingerprint density at radius 3 is 2.62 bits per heavy atom. The van der Waals surface area contributed by atoms with Gasteiger partial charge in [-0.15, -0.1) is 11.3 Å². The summed E-state index contributed by atoms with van der Waals surface area (Å²) >= 11 is 1.29. The maximum absolute atomic E-state index is 12.5. The van der Waals surface area contributed by atoms with E-state index in [0.29, 0.717) is 30.3 Å². The van der Waals surface area contributed by atoms with Gasteiger partial charge in [-0.2, -0.15) is 0 Å². The molecular weight excluding hydrogens is 292 g/mol. The minimum absolute atomic E-state index is 0.178. The van der Waals surface area contributed by atoms with Crippen LogP contribution in [0.1, 0.15) is 34.6 Å². The molecule has 0 aromatic carbocycles. The Morgan fingerprint density at radius 2 is 2.05 bits per heavy atom. The van der Waals surface area contributed by atoms with Crippen molar-refractivity contribution in [3.8, 4) is 0 Å². The molecule has 21 heavy (non-hydrogen) atoms. The zero-order valence-corrected chi connectivity index (χ0v) is 13.5. The number of thiophene rings is 1. The fourth-order valence-electron chi connectivity index (χ4n) is 2.37. The van der Waals surface area contributed by atoms with E-state index in [9.17, 15) is 14.7 Å². The molecule has 1 saturated heterocycles. The number of hydrogen-bond acceptors (Lipinski definition) is 4. The highest BCUT2D eigenvalue weighted by atomic mass is 32.1. The van der Waals surface area contributed by atoms with Gasteiger partial charge in [0.05, 0.1) is 24.3 Å². The standard InChI is InChI=1S/C14H20N2O4S/c1-8-9(2)21-11(10(8)12(17)18)15-13(19)16-5-6-20-7-14(16,3)4/h5-7H2,1-4H3,(H,15,19)(H,17,18). The second kappa shape index (κ2) is 5.65. The maximum atomic E-state index is 12.5. The largest absolute Gasteiger partial charge is 0.478 e. The van der Waals surface area contributed by atoms with Crippen molar-refractivity contribution in [2.75, 3.05) is 25.1 Å².